The number of benzene rings is 1. The van der Waals surface area contributed by atoms with Gasteiger partial charge in [-0.2, -0.15) is 0 Å². The van der Waals surface area contributed by atoms with Crippen LogP contribution in [0.15, 0.2) is 24.3 Å². The average molecular weight is 274 g/mol. The number of rotatable bonds is 2. The molecular weight excluding hydrogens is 248 g/mol. The summed E-state index contributed by atoms with van der Waals surface area (Å²) in [6, 6.07) is 8.97. The van der Waals surface area contributed by atoms with E-state index in [0.717, 1.165) is 26.1 Å². The zero-order valence-corrected chi connectivity index (χ0v) is 13.1. The van der Waals surface area contributed by atoms with Gasteiger partial charge in [0.1, 0.15) is 0 Å². The minimum absolute atomic E-state index is 0.258. The van der Waals surface area contributed by atoms with Gasteiger partial charge in [-0.1, -0.05) is 50.6 Å². The normalized spacial score (nSPS) is 20.0. The van der Waals surface area contributed by atoms with Crippen LogP contribution in [0.2, 0.25) is 0 Å². The van der Waals surface area contributed by atoms with E-state index in [1.807, 2.05) is 25.7 Å². The van der Waals surface area contributed by atoms with E-state index in [-0.39, 0.29) is 11.3 Å². The first kappa shape index (κ1) is 15.0. The van der Waals surface area contributed by atoms with Gasteiger partial charge >= 0.3 is 0 Å². The lowest BCUT2D eigenvalue weighted by Crippen LogP contribution is -2.55. The lowest BCUT2D eigenvalue weighted by atomic mass is 9.93. The Morgan fingerprint density at radius 1 is 1.40 bits per heavy atom. The monoisotopic (exact) mass is 274 g/mol. The molecule has 1 heterocycles. The fraction of sp³-hybridized carbons (Fsp3) is 0.588. The summed E-state index contributed by atoms with van der Waals surface area (Å²) in [5.41, 5.74) is 2.35. The molecule has 1 saturated heterocycles. The molecule has 1 N–H and O–H groups in total. The first-order valence-corrected chi connectivity index (χ1v) is 7.44. The molecule has 110 valence electrons. The summed E-state index contributed by atoms with van der Waals surface area (Å²) in [5, 5.41) is 3.53. The number of carbonyl (C=O) groups is 1. The number of nitrogens with zero attached hydrogens (tertiary/aromatic N) is 1. The molecule has 0 saturated carbocycles. The smallest absolute Gasteiger partial charge is 0.228 e. The van der Waals surface area contributed by atoms with Gasteiger partial charge in [0, 0.05) is 31.1 Å². The maximum atomic E-state index is 12.4. The van der Waals surface area contributed by atoms with Crippen molar-refractivity contribution in [2.45, 2.75) is 40.2 Å². The summed E-state index contributed by atoms with van der Waals surface area (Å²) < 4.78 is 0. The molecule has 3 nitrogen and oxygen atoms in total. The van der Waals surface area contributed by atoms with Gasteiger partial charge in [-0.15, -0.1) is 0 Å². The van der Waals surface area contributed by atoms with Crippen LogP contribution in [0.25, 0.3) is 0 Å². The molecule has 1 unspecified atom stereocenters. The Morgan fingerprint density at radius 3 is 2.80 bits per heavy atom. The lowest BCUT2D eigenvalue weighted by molar-refractivity contribution is -0.140. The minimum Gasteiger partial charge on any atom is -0.339 e. The second-order valence-corrected chi connectivity index (χ2v) is 6.85. The van der Waals surface area contributed by atoms with Gasteiger partial charge < -0.3 is 10.2 Å². The van der Waals surface area contributed by atoms with Crippen molar-refractivity contribution in [2.75, 3.05) is 19.6 Å². The molecule has 1 aliphatic heterocycles. The lowest BCUT2D eigenvalue weighted by Gasteiger charge is -2.37. The third-order valence-electron chi connectivity index (χ3n) is 3.75. The molecule has 1 fully saturated rings. The summed E-state index contributed by atoms with van der Waals surface area (Å²) in [5.74, 6) is 0.258. The predicted octanol–water partition coefficient (Wildman–Crippen LogP) is 2.38. The summed E-state index contributed by atoms with van der Waals surface area (Å²) in [4.78, 5) is 14.4. The molecule has 1 aliphatic rings. The molecule has 0 spiro atoms. The number of aryl methyl sites for hydroxylation is 1. The van der Waals surface area contributed by atoms with Gasteiger partial charge in [0.25, 0.3) is 0 Å². The molecule has 3 heteroatoms. The fourth-order valence-corrected chi connectivity index (χ4v) is 2.74. The Kier molecular flexibility index (Phi) is 4.48. The van der Waals surface area contributed by atoms with Gasteiger partial charge in [-0.3, -0.25) is 4.79 Å². The highest BCUT2D eigenvalue weighted by Crippen LogP contribution is 2.19. The minimum atomic E-state index is -0.286. The zero-order valence-electron chi connectivity index (χ0n) is 13.1. The summed E-state index contributed by atoms with van der Waals surface area (Å²) >= 11 is 0. The van der Waals surface area contributed by atoms with Crippen molar-refractivity contribution in [3.8, 4) is 0 Å². The van der Waals surface area contributed by atoms with Crippen molar-refractivity contribution in [3.63, 3.8) is 0 Å². The molecule has 0 aromatic heterocycles. The summed E-state index contributed by atoms with van der Waals surface area (Å²) in [6.45, 7) is 10.6. The first-order chi connectivity index (χ1) is 9.36. The Bertz CT molecular complexity index is 476. The van der Waals surface area contributed by atoms with Crippen LogP contribution < -0.4 is 5.32 Å². The molecule has 1 aromatic rings. The highest BCUT2D eigenvalue weighted by atomic mass is 16.2. The number of hydrogen-bond donors (Lipinski definition) is 1. The van der Waals surface area contributed by atoms with Crippen molar-refractivity contribution in [1.82, 2.24) is 10.2 Å². The third kappa shape index (κ3) is 3.83. The second kappa shape index (κ2) is 5.96. The van der Waals surface area contributed by atoms with Crippen molar-refractivity contribution < 1.29 is 4.79 Å². The largest absolute Gasteiger partial charge is 0.339 e. The Balaban J connectivity index is 1.99. The molecule has 1 atom stereocenters. The maximum absolute atomic E-state index is 12.4. The highest BCUT2D eigenvalue weighted by Gasteiger charge is 2.30. The van der Waals surface area contributed by atoms with Gasteiger partial charge in [-0.05, 0) is 18.9 Å². The van der Waals surface area contributed by atoms with Crippen LogP contribution >= 0.6 is 0 Å². The molecule has 2 rings (SSSR count). The van der Waals surface area contributed by atoms with E-state index in [4.69, 9.17) is 0 Å². The molecular formula is C17H26N2O. The van der Waals surface area contributed by atoms with E-state index >= 15 is 0 Å². The summed E-state index contributed by atoms with van der Waals surface area (Å²) in [7, 11) is 0. The number of piperazine rings is 1. The topological polar surface area (TPSA) is 32.3 Å². The van der Waals surface area contributed by atoms with Crippen LogP contribution in [0.4, 0.5) is 0 Å². The molecule has 1 amide bonds. The molecule has 0 bridgehead atoms. The van der Waals surface area contributed by atoms with Crippen molar-refractivity contribution in [1.29, 1.82) is 0 Å². The molecule has 0 radical (unpaired) electrons. The highest BCUT2D eigenvalue weighted by molar-refractivity contribution is 5.81. The third-order valence-corrected chi connectivity index (χ3v) is 3.75. The zero-order chi connectivity index (χ0) is 14.8. The Hall–Kier alpha value is -1.35. The average Bonchev–Trinajstić information content (AvgIpc) is 2.37. The number of carbonyl (C=O) groups excluding carboxylic acids is 1. The van der Waals surface area contributed by atoms with E-state index in [9.17, 15) is 4.79 Å². The predicted molar refractivity (Wildman–Crippen MR) is 82.7 cm³/mol. The van der Waals surface area contributed by atoms with Crippen LogP contribution in [0.1, 0.15) is 31.9 Å². The van der Waals surface area contributed by atoms with Crippen molar-refractivity contribution in [2.24, 2.45) is 5.41 Å². The SMILES string of the molecule is Cc1cccc(CC2CN(C(=O)C(C)(C)C)CCN2)c1. The van der Waals surface area contributed by atoms with Gasteiger partial charge in [0.15, 0.2) is 0 Å². The van der Waals surface area contributed by atoms with E-state index in [1.165, 1.54) is 11.1 Å². The Labute approximate surface area is 122 Å². The second-order valence-electron chi connectivity index (χ2n) is 6.85. The van der Waals surface area contributed by atoms with E-state index in [0.29, 0.717) is 6.04 Å². The summed E-state index contributed by atoms with van der Waals surface area (Å²) in [6.07, 6.45) is 0.982. The number of nitrogens with one attached hydrogen (secondary N) is 1. The molecule has 1 aromatic carbocycles. The Morgan fingerprint density at radius 2 is 2.15 bits per heavy atom. The van der Waals surface area contributed by atoms with Gasteiger partial charge in [0.05, 0.1) is 0 Å². The number of hydrogen-bond acceptors (Lipinski definition) is 2. The van der Waals surface area contributed by atoms with Gasteiger partial charge in [-0.25, -0.2) is 0 Å². The van der Waals surface area contributed by atoms with Crippen molar-refractivity contribution >= 4 is 5.91 Å². The van der Waals surface area contributed by atoms with Crippen LogP contribution in [0.3, 0.4) is 0 Å². The molecule has 20 heavy (non-hydrogen) atoms. The van der Waals surface area contributed by atoms with E-state index in [2.05, 4.69) is 36.5 Å². The number of amides is 1. The van der Waals surface area contributed by atoms with Crippen LogP contribution in [-0.4, -0.2) is 36.5 Å². The van der Waals surface area contributed by atoms with Crippen molar-refractivity contribution in [3.05, 3.63) is 35.4 Å². The molecule has 0 aliphatic carbocycles. The van der Waals surface area contributed by atoms with E-state index < -0.39 is 0 Å². The maximum Gasteiger partial charge on any atom is 0.228 e. The van der Waals surface area contributed by atoms with E-state index in [1.54, 1.807) is 0 Å². The quantitative estimate of drug-likeness (QED) is 0.898. The van der Waals surface area contributed by atoms with Crippen LogP contribution in [-0.2, 0) is 11.2 Å². The van der Waals surface area contributed by atoms with Gasteiger partial charge in [0.2, 0.25) is 5.91 Å². The first-order valence-electron chi connectivity index (χ1n) is 7.44. The fourth-order valence-electron chi connectivity index (χ4n) is 2.74. The standard InChI is InChI=1S/C17H26N2O/c1-13-6-5-7-14(10-13)11-15-12-19(9-8-18-15)16(20)17(2,3)4/h5-7,10,15,18H,8-9,11-12H2,1-4H3. The van der Waals surface area contributed by atoms with Crippen LogP contribution in [0.5, 0.6) is 0 Å². The van der Waals surface area contributed by atoms with Crippen LogP contribution in [0, 0.1) is 12.3 Å².